The molecule has 4 atom stereocenters. The number of carboxylic acid groups (broad SMARTS) is 1. The van der Waals surface area contributed by atoms with E-state index in [1.54, 1.807) is 31.5 Å². The Labute approximate surface area is 404 Å². The predicted molar refractivity (Wildman–Crippen MR) is 261 cm³/mol. The van der Waals surface area contributed by atoms with Gasteiger partial charge in [-0.25, -0.2) is 22.4 Å². The number of halogens is 6. The average molecular weight is 1080 g/mol. The van der Waals surface area contributed by atoms with Crippen molar-refractivity contribution in [2.75, 3.05) is 0 Å². The van der Waals surface area contributed by atoms with Crippen LogP contribution in [-0.4, -0.2) is 43.8 Å². The number of pyridine rings is 2. The number of rotatable bonds is 14. The molecule has 0 saturated heterocycles. The topological polar surface area (TPSA) is 120 Å². The first-order valence-corrected chi connectivity index (χ1v) is 28.5. The lowest BCUT2D eigenvalue weighted by Gasteiger charge is -2.46. The van der Waals surface area contributed by atoms with Gasteiger partial charge in [-0.1, -0.05) is 71.9 Å². The third-order valence-electron chi connectivity index (χ3n) is 12.6. The number of carboxylic acids is 1. The Bertz CT molecular complexity index is 2490. The van der Waals surface area contributed by atoms with Gasteiger partial charge in [0.2, 0.25) is 0 Å². The molecular weight excluding hydrogens is 1020 g/mol. The molecule has 0 spiro atoms. The zero-order valence-electron chi connectivity index (χ0n) is 39.3. The standard InChI is InChI=1S/C28H33BrF2N2O3Si.C21H26BrF2NO3Si/c1-27(2,3)37(5,6)36-25(23-15-22(30)12-13-24(23)31)28(4,20-14-21(29)17-32-16-20)33-26(34)35-18-19-10-8-7-9-11-19;1-20(2,3)29(5,6)28-18(16-10-15(23)7-8-17(16)24)21(4,19(26)27)13-9-14(22)12-25-11-13/h7-17,25H,18H2,1-6H3,(H,33,34);7-12,18H,1-6H3,(H,26,27). The Hall–Kier alpha value is -4.27. The molecule has 2 N–H and O–H groups in total. The van der Waals surface area contributed by atoms with E-state index < -0.39 is 75.1 Å². The normalized spacial score (nSPS) is 15.0. The van der Waals surface area contributed by atoms with E-state index in [2.05, 4.69) is 67.9 Å². The summed E-state index contributed by atoms with van der Waals surface area (Å²) in [5, 5.41) is 12.6. The minimum atomic E-state index is -2.58. The summed E-state index contributed by atoms with van der Waals surface area (Å²) in [6.07, 6.45) is 3.03. The molecule has 0 saturated carbocycles. The first-order chi connectivity index (χ1) is 30.4. The molecule has 5 aromatic rings. The number of nitrogens with zero attached hydrogens (tertiary/aromatic N) is 2. The Kier molecular flexibility index (Phi) is 17.6. The van der Waals surface area contributed by atoms with Crippen LogP contribution in [0.3, 0.4) is 0 Å². The van der Waals surface area contributed by atoms with Gasteiger partial charge in [0.05, 0.1) is 11.6 Å². The molecule has 5 rings (SSSR count). The van der Waals surface area contributed by atoms with Crippen molar-refractivity contribution in [1.29, 1.82) is 0 Å². The first-order valence-electron chi connectivity index (χ1n) is 21.1. The number of carbonyl (C=O) groups excluding carboxylic acids is 1. The van der Waals surface area contributed by atoms with Crippen molar-refractivity contribution in [2.24, 2.45) is 0 Å². The van der Waals surface area contributed by atoms with Crippen LogP contribution in [-0.2, 0) is 35.9 Å². The molecule has 0 fully saturated rings. The van der Waals surface area contributed by atoms with Crippen LogP contribution in [0.1, 0.15) is 95.4 Å². The second-order valence-corrected chi connectivity index (χ2v) is 30.9. The van der Waals surface area contributed by atoms with Crippen molar-refractivity contribution in [1.82, 2.24) is 15.3 Å². The summed E-state index contributed by atoms with van der Waals surface area (Å²) >= 11 is 6.74. The third-order valence-corrected chi connectivity index (χ3v) is 22.3. The summed E-state index contributed by atoms with van der Waals surface area (Å²) in [4.78, 5) is 34.1. The summed E-state index contributed by atoms with van der Waals surface area (Å²) in [7, 11) is -5.16. The smallest absolute Gasteiger partial charge is 0.408 e. The maximum atomic E-state index is 15.3. The van der Waals surface area contributed by atoms with Crippen molar-refractivity contribution in [3.8, 4) is 0 Å². The van der Waals surface area contributed by atoms with E-state index in [9.17, 15) is 27.9 Å². The van der Waals surface area contributed by atoms with Crippen molar-refractivity contribution in [2.45, 2.75) is 121 Å². The van der Waals surface area contributed by atoms with Crippen LogP contribution in [0.5, 0.6) is 0 Å². The minimum absolute atomic E-state index is 0.00402. The van der Waals surface area contributed by atoms with E-state index in [1.165, 1.54) is 19.3 Å². The SMILES string of the molecule is CC(C(=O)O)(c1cncc(Br)c1)C(O[Si](C)(C)C(C)(C)C)c1cc(F)ccc1F.CC(NC(=O)OCc1ccccc1)(c1cncc(Br)c1)C(O[Si](C)(C)C(C)(C)C)c1cc(F)ccc1F. The zero-order chi connectivity index (χ0) is 49.6. The largest absolute Gasteiger partial charge is 0.481 e. The molecule has 17 heteroatoms. The number of hydrogen-bond donors (Lipinski definition) is 2. The molecule has 0 aliphatic carbocycles. The average Bonchev–Trinajstić information content (AvgIpc) is 3.22. The molecule has 3 aromatic carbocycles. The molecule has 0 aliphatic heterocycles. The van der Waals surface area contributed by atoms with Crippen LogP contribution in [0.15, 0.2) is 113 Å². The van der Waals surface area contributed by atoms with Crippen LogP contribution < -0.4 is 5.32 Å². The number of hydrogen-bond acceptors (Lipinski definition) is 7. The molecule has 0 bridgehead atoms. The van der Waals surface area contributed by atoms with E-state index in [1.807, 2.05) is 77.3 Å². The van der Waals surface area contributed by atoms with E-state index in [0.717, 1.165) is 42.0 Å². The number of amides is 1. The molecule has 2 aromatic heterocycles. The van der Waals surface area contributed by atoms with Gasteiger partial charge in [0.15, 0.2) is 16.6 Å². The lowest BCUT2D eigenvalue weighted by atomic mass is 9.75. The third kappa shape index (κ3) is 13.0. The number of benzene rings is 3. The number of aromatic nitrogens is 2. The fourth-order valence-corrected chi connectivity index (χ4v) is 9.74. The Morgan fingerprint density at radius 1 is 0.652 bits per heavy atom. The summed E-state index contributed by atoms with van der Waals surface area (Å²) in [6, 6.07) is 18.9. The van der Waals surface area contributed by atoms with Gasteiger partial charge in [-0.15, -0.1) is 0 Å². The quantitative estimate of drug-likeness (QED) is 0.0833. The summed E-state index contributed by atoms with van der Waals surface area (Å²) in [5.41, 5.74) is -1.54. The van der Waals surface area contributed by atoms with Gasteiger partial charge in [0.25, 0.3) is 0 Å². The van der Waals surface area contributed by atoms with Crippen LogP contribution in [0.4, 0.5) is 22.4 Å². The second-order valence-electron chi connectivity index (χ2n) is 19.5. The van der Waals surface area contributed by atoms with Gasteiger partial charge in [-0.05, 0) is 147 Å². The molecule has 66 heavy (non-hydrogen) atoms. The summed E-state index contributed by atoms with van der Waals surface area (Å²) < 4.78 is 78.6. The summed E-state index contributed by atoms with van der Waals surface area (Å²) in [6.45, 7) is 23.3. The molecule has 0 aliphatic rings. The number of ether oxygens (including phenoxy) is 1. The molecule has 4 unspecified atom stereocenters. The highest BCUT2D eigenvalue weighted by molar-refractivity contribution is 9.10. The number of alkyl carbamates (subject to hydrolysis) is 1. The number of nitrogens with one attached hydrogen (secondary N) is 1. The monoisotopic (exact) mass is 1080 g/mol. The maximum absolute atomic E-state index is 15.3. The van der Waals surface area contributed by atoms with E-state index in [4.69, 9.17) is 13.6 Å². The van der Waals surface area contributed by atoms with Gasteiger partial charge in [0.1, 0.15) is 41.4 Å². The first kappa shape index (κ1) is 54.3. The summed E-state index contributed by atoms with van der Waals surface area (Å²) in [5.74, 6) is -3.85. The highest BCUT2D eigenvalue weighted by Gasteiger charge is 2.51. The maximum Gasteiger partial charge on any atom is 0.408 e. The number of aliphatic carboxylic acids is 1. The number of carbonyl (C=O) groups is 2. The van der Waals surface area contributed by atoms with Crippen LogP contribution in [0, 0.1) is 23.3 Å². The molecule has 9 nitrogen and oxygen atoms in total. The molecule has 1 amide bonds. The Morgan fingerprint density at radius 2 is 1.09 bits per heavy atom. The fourth-order valence-electron chi connectivity index (χ4n) is 6.40. The predicted octanol–water partition coefficient (Wildman–Crippen LogP) is 14.3. The van der Waals surface area contributed by atoms with Crippen LogP contribution in [0.2, 0.25) is 36.3 Å². The Balaban J connectivity index is 0.000000297. The molecular formula is C49H59Br2F4N3O6Si2. The van der Waals surface area contributed by atoms with Gasteiger partial charge in [0, 0.05) is 44.9 Å². The lowest BCUT2D eigenvalue weighted by molar-refractivity contribution is -0.147. The van der Waals surface area contributed by atoms with Crippen LogP contribution in [0.25, 0.3) is 0 Å². The van der Waals surface area contributed by atoms with Gasteiger partial charge in [-0.3, -0.25) is 14.8 Å². The highest BCUT2D eigenvalue weighted by atomic mass is 79.9. The van der Waals surface area contributed by atoms with Crippen LogP contribution >= 0.6 is 31.9 Å². The zero-order valence-corrected chi connectivity index (χ0v) is 44.5. The van der Waals surface area contributed by atoms with Crippen molar-refractivity contribution in [3.05, 3.63) is 164 Å². The van der Waals surface area contributed by atoms with Crippen molar-refractivity contribution < 1.29 is 45.8 Å². The van der Waals surface area contributed by atoms with E-state index in [-0.39, 0.29) is 27.8 Å². The van der Waals surface area contributed by atoms with Crippen molar-refractivity contribution in [3.63, 3.8) is 0 Å². The second kappa shape index (κ2) is 21.4. The minimum Gasteiger partial charge on any atom is -0.481 e. The van der Waals surface area contributed by atoms with E-state index in [0.29, 0.717) is 20.1 Å². The van der Waals surface area contributed by atoms with Gasteiger partial charge < -0.3 is 24.0 Å². The van der Waals surface area contributed by atoms with Gasteiger partial charge >= 0.3 is 12.1 Å². The van der Waals surface area contributed by atoms with Gasteiger partial charge in [-0.2, -0.15) is 0 Å². The molecule has 0 radical (unpaired) electrons. The fraction of sp³-hybridized carbons (Fsp3) is 0.388. The highest BCUT2D eigenvalue weighted by Crippen LogP contribution is 2.49. The lowest BCUT2D eigenvalue weighted by Crippen LogP contribution is -2.53. The van der Waals surface area contributed by atoms with Crippen molar-refractivity contribution >= 4 is 60.6 Å². The van der Waals surface area contributed by atoms with E-state index >= 15 is 4.39 Å². The molecule has 356 valence electrons. The molecule has 2 heterocycles. The Morgan fingerprint density at radius 3 is 1.55 bits per heavy atom.